The number of nitrogens with one attached hydrogen (secondary N) is 1. The lowest BCUT2D eigenvalue weighted by molar-refractivity contribution is 0.298. The molecule has 0 aliphatic heterocycles. The van der Waals surface area contributed by atoms with E-state index in [1.807, 2.05) is 6.20 Å². The van der Waals surface area contributed by atoms with Crippen molar-refractivity contribution in [3.63, 3.8) is 0 Å². The third kappa shape index (κ3) is 3.03. The fraction of sp³-hybridized carbons (Fsp3) is 0.429. The lowest BCUT2D eigenvalue weighted by Gasteiger charge is -2.09. The Labute approximate surface area is 116 Å². The first-order valence-electron chi connectivity index (χ1n) is 6.70. The molecule has 106 valence electrons. The van der Waals surface area contributed by atoms with Crippen LogP contribution in [0.15, 0.2) is 23.4 Å². The third-order valence-electron chi connectivity index (χ3n) is 3.12. The second-order valence-electron chi connectivity index (χ2n) is 4.52. The van der Waals surface area contributed by atoms with Gasteiger partial charge in [0.2, 0.25) is 0 Å². The molecule has 0 aliphatic carbocycles. The van der Waals surface area contributed by atoms with E-state index in [0.717, 1.165) is 29.3 Å². The van der Waals surface area contributed by atoms with Crippen molar-refractivity contribution >= 4 is 10.9 Å². The van der Waals surface area contributed by atoms with Crippen molar-refractivity contribution < 1.29 is 9.13 Å². The maximum absolute atomic E-state index is 14.0. The summed E-state index contributed by atoms with van der Waals surface area (Å²) in [5.74, 6) is -0.0774. The highest BCUT2D eigenvalue weighted by Gasteiger charge is 2.14. The number of azide groups is 1. The van der Waals surface area contributed by atoms with Gasteiger partial charge in [0.15, 0.2) is 11.6 Å². The van der Waals surface area contributed by atoms with Gasteiger partial charge in [-0.25, -0.2) is 4.39 Å². The molecule has 1 aromatic carbocycles. The second kappa shape index (κ2) is 6.82. The van der Waals surface area contributed by atoms with Crippen LogP contribution in [0, 0.1) is 5.82 Å². The lowest BCUT2D eigenvalue weighted by atomic mass is 10.1. The van der Waals surface area contributed by atoms with Crippen LogP contribution in [0.2, 0.25) is 0 Å². The van der Waals surface area contributed by atoms with Gasteiger partial charge >= 0.3 is 0 Å². The van der Waals surface area contributed by atoms with Gasteiger partial charge in [-0.2, -0.15) is 0 Å². The number of aromatic nitrogens is 1. The highest BCUT2D eigenvalue weighted by Crippen LogP contribution is 2.32. The molecule has 2 aromatic rings. The summed E-state index contributed by atoms with van der Waals surface area (Å²) in [6.45, 7) is 2.89. The van der Waals surface area contributed by atoms with E-state index < -0.39 is 0 Å². The maximum atomic E-state index is 14.0. The first kappa shape index (κ1) is 14.2. The van der Waals surface area contributed by atoms with Crippen LogP contribution in [0.25, 0.3) is 21.3 Å². The van der Waals surface area contributed by atoms with Crippen molar-refractivity contribution in [3.8, 4) is 5.75 Å². The van der Waals surface area contributed by atoms with Gasteiger partial charge in [0.25, 0.3) is 0 Å². The van der Waals surface area contributed by atoms with E-state index in [2.05, 4.69) is 21.9 Å². The van der Waals surface area contributed by atoms with Gasteiger partial charge in [-0.3, -0.25) is 0 Å². The van der Waals surface area contributed by atoms with Gasteiger partial charge in [-0.15, -0.1) is 0 Å². The minimum atomic E-state index is -0.363. The molecule has 0 bridgehead atoms. The third-order valence-corrected chi connectivity index (χ3v) is 3.12. The second-order valence-corrected chi connectivity index (χ2v) is 4.52. The number of ether oxygens (including phenoxy) is 1. The average molecular weight is 276 g/mol. The molecule has 0 fully saturated rings. The molecule has 0 amide bonds. The van der Waals surface area contributed by atoms with Gasteiger partial charge in [0, 0.05) is 28.6 Å². The standard InChI is InChI=1S/C14H17FN4O/c1-2-3-8-20-14-11(15)4-5-12-13(14)10(9-17-12)6-7-18-19-16/h4-5,9,17H,2-3,6-8H2,1H3. The molecule has 0 atom stereocenters. The van der Waals surface area contributed by atoms with Crippen LogP contribution in [-0.4, -0.2) is 18.1 Å². The first-order valence-corrected chi connectivity index (χ1v) is 6.70. The number of nitrogens with zero attached hydrogens (tertiary/aromatic N) is 3. The number of hydrogen-bond donors (Lipinski definition) is 1. The molecular formula is C14H17FN4O. The Hall–Kier alpha value is -2.20. The first-order chi connectivity index (χ1) is 9.77. The predicted molar refractivity (Wildman–Crippen MR) is 76.4 cm³/mol. The molecule has 6 heteroatoms. The molecule has 0 saturated heterocycles. The number of benzene rings is 1. The van der Waals surface area contributed by atoms with Crippen molar-refractivity contribution in [1.29, 1.82) is 0 Å². The Morgan fingerprint density at radius 3 is 3.05 bits per heavy atom. The fourth-order valence-corrected chi connectivity index (χ4v) is 2.11. The Morgan fingerprint density at radius 1 is 1.45 bits per heavy atom. The maximum Gasteiger partial charge on any atom is 0.165 e. The fourth-order valence-electron chi connectivity index (χ4n) is 2.11. The van der Waals surface area contributed by atoms with Gasteiger partial charge in [0.05, 0.1) is 6.61 Å². The van der Waals surface area contributed by atoms with Gasteiger partial charge in [-0.1, -0.05) is 18.5 Å². The van der Waals surface area contributed by atoms with Crippen molar-refractivity contribution in [1.82, 2.24) is 4.98 Å². The SMILES string of the molecule is CCCCOc1c(F)ccc2[nH]cc(CCN=[N+]=[N-])c12. The van der Waals surface area contributed by atoms with E-state index in [0.29, 0.717) is 19.6 Å². The number of H-pyrrole nitrogens is 1. The van der Waals surface area contributed by atoms with E-state index in [4.69, 9.17) is 10.3 Å². The van der Waals surface area contributed by atoms with Crippen molar-refractivity contribution in [2.75, 3.05) is 13.2 Å². The highest BCUT2D eigenvalue weighted by molar-refractivity contribution is 5.89. The molecule has 0 saturated carbocycles. The van der Waals surface area contributed by atoms with E-state index in [-0.39, 0.29) is 11.6 Å². The van der Waals surface area contributed by atoms with Crippen LogP contribution in [0.1, 0.15) is 25.3 Å². The van der Waals surface area contributed by atoms with E-state index in [9.17, 15) is 4.39 Å². The van der Waals surface area contributed by atoms with Gasteiger partial charge < -0.3 is 9.72 Å². The molecule has 1 aromatic heterocycles. The van der Waals surface area contributed by atoms with Crippen molar-refractivity contribution in [3.05, 3.63) is 40.2 Å². The summed E-state index contributed by atoms with van der Waals surface area (Å²) in [5.41, 5.74) is 10.0. The molecule has 1 heterocycles. The summed E-state index contributed by atoms with van der Waals surface area (Å²) in [4.78, 5) is 5.82. The zero-order valence-electron chi connectivity index (χ0n) is 11.4. The minimum Gasteiger partial charge on any atom is -0.490 e. The molecular weight excluding hydrogens is 259 g/mol. The Balaban J connectivity index is 2.34. The van der Waals surface area contributed by atoms with Gasteiger partial charge in [0.1, 0.15) is 0 Å². The molecule has 0 radical (unpaired) electrons. The largest absolute Gasteiger partial charge is 0.490 e. The molecule has 5 nitrogen and oxygen atoms in total. The summed E-state index contributed by atoms with van der Waals surface area (Å²) < 4.78 is 19.6. The van der Waals surface area contributed by atoms with Crippen LogP contribution in [-0.2, 0) is 6.42 Å². The minimum absolute atomic E-state index is 0.285. The average Bonchev–Trinajstić information content (AvgIpc) is 2.85. The molecule has 0 spiro atoms. The Kier molecular flexibility index (Phi) is 4.85. The van der Waals surface area contributed by atoms with Crippen LogP contribution >= 0.6 is 0 Å². The number of hydrogen-bond acceptors (Lipinski definition) is 2. The molecule has 20 heavy (non-hydrogen) atoms. The number of fused-ring (bicyclic) bond motifs is 1. The van der Waals surface area contributed by atoms with E-state index in [1.54, 1.807) is 6.07 Å². The van der Waals surface area contributed by atoms with Crippen LogP contribution in [0.4, 0.5) is 4.39 Å². The summed E-state index contributed by atoms with van der Waals surface area (Å²) in [7, 11) is 0. The van der Waals surface area contributed by atoms with Crippen LogP contribution in [0.5, 0.6) is 5.75 Å². The quantitative estimate of drug-likeness (QED) is 0.347. The van der Waals surface area contributed by atoms with Gasteiger partial charge in [-0.05, 0) is 36.1 Å². The summed E-state index contributed by atoms with van der Waals surface area (Å²) in [6.07, 6.45) is 4.24. The number of halogens is 1. The van der Waals surface area contributed by atoms with E-state index in [1.165, 1.54) is 6.07 Å². The monoisotopic (exact) mass is 276 g/mol. The van der Waals surface area contributed by atoms with Crippen molar-refractivity contribution in [2.45, 2.75) is 26.2 Å². The van der Waals surface area contributed by atoms with E-state index >= 15 is 0 Å². The number of unbranched alkanes of at least 4 members (excludes halogenated alkanes) is 1. The van der Waals surface area contributed by atoms with Crippen LogP contribution < -0.4 is 4.74 Å². The highest BCUT2D eigenvalue weighted by atomic mass is 19.1. The molecule has 0 aliphatic rings. The lowest BCUT2D eigenvalue weighted by Crippen LogP contribution is -2.00. The smallest absolute Gasteiger partial charge is 0.165 e. The molecule has 2 rings (SSSR count). The molecule has 0 unspecified atom stereocenters. The Bertz CT molecular complexity index is 631. The van der Waals surface area contributed by atoms with Crippen molar-refractivity contribution in [2.24, 2.45) is 5.11 Å². The van der Waals surface area contributed by atoms with Crippen LogP contribution in [0.3, 0.4) is 0 Å². The number of aromatic amines is 1. The summed E-state index contributed by atoms with van der Waals surface area (Å²) in [5, 5.41) is 4.26. The summed E-state index contributed by atoms with van der Waals surface area (Å²) in [6, 6.07) is 3.09. The predicted octanol–water partition coefficient (Wildman–Crippen LogP) is 4.34. The Morgan fingerprint density at radius 2 is 2.30 bits per heavy atom. The molecule has 1 N–H and O–H groups in total. The zero-order valence-corrected chi connectivity index (χ0v) is 11.4. The normalized spacial score (nSPS) is 10.5. The topological polar surface area (TPSA) is 73.8 Å². The summed E-state index contributed by atoms with van der Waals surface area (Å²) >= 11 is 0. The number of rotatable bonds is 7. The zero-order chi connectivity index (χ0) is 14.4.